The maximum Gasteiger partial charge on any atom is 0.224 e. The minimum Gasteiger partial charge on any atom is -0.474 e. The second kappa shape index (κ2) is 9.06. The molecule has 0 radical (unpaired) electrons. The van der Waals surface area contributed by atoms with E-state index in [0.717, 1.165) is 40.4 Å². The molecule has 154 valence electrons. The second-order valence-electron chi connectivity index (χ2n) is 7.70. The minimum absolute atomic E-state index is 0.0766. The Labute approximate surface area is 176 Å². The fourth-order valence-electron chi connectivity index (χ4n) is 3.52. The average Bonchev–Trinajstić information content (AvgIpc) is 2.74. The zero-order valence-electron chi connectivity index (χ0n) is 17.3. The number of nitrogens with one attached hydrogen (secondary N) is 1. The summed E-state index contributed by atoms with van der Waals surface area (Å²) in [6.07, 6.45) is 5.70. The van der Waals surface area contributed by atoms with E-state index in [1.165, 1.54) is 0 Å². The molecule has 4 rings (SSSR count). The smallest absolute Gasteiger partial charge is 0.224 e. The number of anilines is 1. The number of ether oxygens (including phenoxy) is 2. The number of hydrogen-bond donors (Lipinski definition) is 1. The van der Waals surface area contributed by atoms with Gasteiger partial charge in [-0.3, -0.25) is 0 Å². The molecule has 1 aliphatic rings. The van der Waals surface area contributed by atoms with E-state index in [1.807, 2.05) is 38.1 Å². The Morgan fingerprint density at radius 1 is 1.23 bits per heavy atom. The lowest BCUT2D eigenvalue weighted by Gasteiger charge is -2.23. The number of hydrogen-bond acceptors (Lipinski definition) is 7. The van der Waals surface area contributed by atoms with Crippen molar-refractivity contribution in [3.05, 3.63) is 42.2 Å². The molecule has 2 aromatic heterocycles. The van der Waals surface area contributed by atoms with Gasteiger partial charge in [0, 0.05) is 36.8 Å². The Kier molecular flexibility index (Phi) is 6.05. The third kappa shape index (κ3) is 4.50. The highest BCUT2D eigenvalue weighted by Gasteiger charge is 2.20. The Hall–Kier alpha value is -3.24. The molecule has 7 heteroatoms. The van der Waals surface area contributed by atoms with E-state index in [-0.39, 0.29) is 12.1 Å². The molecule has 0 amide bonds. The summed E-state index contributed by atoms with van der Waals surface area (Å²) in [7, 11) is 0. The van der Waals surface area contributed by atoms with Crippen molar-refractivity contribution in [2.45, 2.75) is 45.3 Å². The molecule has 0 atom stereocenters. The van der Waals surface area contributed by atoms with Gasteiger partial charge in [0.15, 0.2) is 0 Å². The summed E-state index contributed by atoms with van der Waals surface area (Å²) in [6, 6.07) is 10.3. The van der Waals surface area contributed by atoms with Crippen LogP contribution in [0.3, 0.4) is 0 Å². The van der Waals surface area contributed by atoms with Crippen LogP contribution in [-0.4, -0.2) is 40.3 Å². The molecule has 3 aromatic rings. The summed E-state index contributed by atoms with van der Waals surface area (Å²) < 4.78 is 11.6. The van der Waals surface area contributed by atoms with Crippen molar-refractivity contribution in [2.24, 2.45) is 0 Å². The Morgan fingerprint density at radius 2 is 2.07 bits per heavy atom. The first-order chi connectivity index (χ1) is 14.6. The number of nitrogens with zero attached hydrogens (tertiary/aromatic N) is 4. The number of benzene rings is 1. The van der Waals surface area contributed by atoms with Crippen LogP contribution < -0.4 is 10.1 Å². The van der Waals surface area contributed by atoms with Crippen LogP contribution in [-0.2, 0) is 11.2 Å². The van der Waals surface area contributed by atoms with E-state index in [2.05, 4.69) is 21.4 Å². The van der Waals surface area contributed by atoms with Crippen LogP contribution >= 0.6 is 0 Å². The van der Waals surface area contributed by atoms with Crippen LogP contribution in [0.1, 0.15) is 32.3 Å². The topological polar surface area (TPSA) is 93.0 Å². The lowest BCUT2D eigenvalue weighted by atomic mass is 10.0. The van der Waals surface area contributed by atoms with Crippen LogP contribution in [0.4, 0.5) is 5.95 Å². The van der Waals surface area contributed by atoms with Crippen molar-refractivity contribution in [3.8, 4) is 23.1 Å². The van der Waals surface area contributed by atoms with Crippen molar-refractivity contribution in [2.75, 3.05) is 18.5 Å². The van der Waals surface area contributed by atoms with E-state index in [4.69, 9.17) is 19.7 Å². The van der Waals surface area contributed by atoms with E-state index in [1.54, 1.807) is 12.4 Å². The predicted molar refractivity (Wildman–Crippen MR) is 115 cm³/mol. The summed E-state index contributed by atoms with van der Waals surface area (Å²) >= 11 is 0. The standard InChI is InChI=1S/C23H25N5O2/c1-15(2)27-23-26-14-20-21(28-23)19(17-5-3-4-16(12-17)6-9-24)13-25-22(20)30-18-7-10-29-11-8-18/h3-5,12-15,18H,6-8,10-11H2,1-2H3,(H,26,27,28). The Balaban J connectivity index is 1.80. The van der Waals surface area contributed by atoms with Crippen molar-refractivity contribution in [1.82, 2.24) is 15.0 Å². The van der Waals surface area contributed by atoms with Crippen LogP contribution in [0.2, 0.25) is 0 Å². The maximum absolute atomic E-state index is 9.05. The number of rotatable bonds is 6. The number of aromatic nitrogens is 3. The molecular weight excluding hydrogens is 378 g/mol. The summed E-state index contributed by atoms with van der Waals surface area (Å²) in [5.74, 6) is 1.11. The molecule has 30 heavy (non-hydrogen) atoms. The summed E-state index contributed by atoms with van der Waals surface area (Å²) in [5.41, 5.74) is 3.59. The van der Waals surface area contributed by atoms with Crippen molar-refractivity contribution < 1.29 is 9.47 Å². The van der Waals surface area contributed by atoms with Crippen molar-refractivity contribution in [3.63, 3.8) is 0 Å². The molecule has 1 aliphatic heterocycles. The summed E-state index contributed by atoms with van der Waals surface area (Å²) in [5, 5.41) is 13.1. The van der Waals surface area contributed by atoms with E-state index >= 15 is 0 Å². The fourth-order valence-corrected chi connectivity index (χ4v) is 3.52. The predicted octanol–water partition coefficient (Wildman–Crippen LogP) is 4.14. The molecule has 1 N–H and O–H groups in total. The SMILES string of the molecule is CC(C)Nc1ncc2c(OC3CCOCC3)ncc(-c3cccc(CC#N)c3)c2n1. The van der Waals surface area contributed by atoms with Gasteiger partial charge in [0.1, 0.15) is 6.10 Å². The molecule has 0 unspecified atom stereocenters. The van der Waals surface area contributed by atoms with E-state index < -0.39 is 0 Å². The molecule has 1 fully saturated rings. The van der Waals surface area contributed by atoms with Gasteiger partial charge in [0.2, 0.25) is 11.8 Å². The zero-order valence-corrected chi connectivity index (χ0v) is 17.3. The molecule has 7 nitrogen and oxygen atoms in total. The first kappa shape index (κ1) is 20.0. The van der Waals surface area contributed by atoms with Gasteiger partial charge in [-0.05, 0) is 31.0 Å². The molecule has 1 saturated heterocycles. The van der Waals surface area contributed by atoms with Crippen LogP contribution in [0.15, 0.2) is 36.7 Å². The van der Waals surface area contributed by atoms with Crippen LogP contribution in [0.5, 0.6) is 5.88 Å². The van der Waals surface area contributed by atoms with Gasteiger partial charge in [0.25, 0.3) is 0 Å². The quantitative estimate of drug-likeness (QED) is 0.661. The molecule has 0 bridgehead atoms. The second-order valence-corrected chi connectivity index (χ2v) is 7.70. The van der Waals surface area contributed by atoms with Crippen molar-refractivity contribution in [1.29, 1.82) is 5.26 Å². The molecule has 0 saturated carbocycles. The highest BCUT2D eigenvalue weighted by Crippen LogP contribution is 2.33. The lowest BCUT2D eigenvalue weighted by molar-refractivity contribution is 0.0244. The van der Waals surface area contributed by atoms with Gasteiger partial charge < -0.3 is 14.8 Å². The van der Waals surface area contributed by atoms with Gasteiger partial charge in [-0.2, -0.15) is 5.26 Å². The minimum atomic E-state index is 0.0766. The first-order valence-electron chi connectivity index (χ1n) is 10.3. The normalized spacial score (nSPS) is 14.6. The summed E-state index contributed by atoms with van der Waals surface area (Å²) in [4.78, 5) is 13.9. The molecule has 0 aliphatic carbocycles. The van der Waals surface area contributed by atoms with Gasteiger partial charge in [-0.25, -0.2) is 15.0 Å². The molecule has 3 heterocycles. The Morgan fingerprint density at radius 3 is 2.83 bits per heavy atom. The largest absolute Gasteiger partial charge is 0.474 e. The fraction of sp³-hybridized carbons (Fsp3) is 0.391. The third-order valence-electron chi connectivity index (χ3n) is 4.97. The summed E-state index contributed by atoms with van der Waals surface area (Å²) in [6.45, 7) is 5.49. The van der Waals surface area contributed by atoms with Crippen LogP contribution in [0.25, 0.3) is 22.0 Å². The number of pyridine rings is 1. The highest BCUT2D eigenvalue weighted by atomic mass is 16.5. The molecular formula is C23H25N5O2. The maximum atomic E-state index is 9.05. The van der Waals surface area contributed by atoms with Crippen molar-refractivity contribution >= 4 is 16.9 Å². The average molecular weight is 403 g/mol. The molecule has 1 aromatic carbocycles. The van der Waals surface area contributed by atoms with Gasteiger partial charge >= 0.3 is 0 Å². The van der Waals surface area contributed by atoms with Gasteiger partial charge in [0.05, 0.1) is 36.6 Å². The highest BCUT2D eigenvalue weighted by molar-refractivity contribution is 5.96. The number of nitriles is 1. The first-order valence-corrected chi connectivity index (χ1v) is 10.3. The van der Waals surface area contributed by atoms with E-state index in [0.29, 0.717) is 31.5 Å². The Bertz CT molecular complexity index is 1070. The third-order valence-corrected chi connectivity index (χ3v) is 4.97. The monoisotopic (exact) mass is 403 g/mol. The van der Waals surface area contributed by atoms with E-state index in [9.17, 15) is 0 Å². The van der Waals surface area contributed by atoms with Gasteiger partial charge in [-0.15, -0.1) is 0 Å². The van der Waals surface area contributed by atoms with Gasteiger partial charge in [-0.1, -0.05) is 18.2 Å². The lowest BCUT2D eigenvalue weighted by Crippen LogP contribution is -2.26. The molecule has 0 spiro atoms. The van der Waals surface area contributed by atoms with Crippen LogP contribution in [0, 0.1) is 11.3 Å². The number of fused-ring (bicyclic) bond motifs is 1. The zero-order chi connectivity index (χ0) is 20.9.